The van der Waals surface area contributed by atoms with E-state index in [9.17, 15) is 86.0 Å². The second-order valence-corrected chi connectivity index (χ2v) is 18.1. The first-order valence-corrected chi connectivity index (χ1v) is 22.5. The van der Waals surface area contributed by atoms with Crippen LogP contribution < -0.4 is 0 Å². The molecule has 9 rings (SSSR count). The highest BCUT2D eigenvalue weighted by Gasteiger charge is 2.73. The topological polar surface area (TPSA) is 367 Å². The van der Waals surface area contributed by atoms with Crippen molar-refractivity contribution in [2.75, 3.05) is 19.8 Å². The van der Waals surface area contributed by atoms with Gasteiger partial charge in [0.25, 0.3) is 0 Å². The summed E-state index contributed by atoms with van der Waals surface area (Å²) >= 11 is 0. The molecule has 7 aliphatic heterocycles. The molecule has 6 bridgehead atoms. The molecule has 7 heterocycles. The van der Waals surface area contributed by atoms with Crippen LogP contribution in [0.2, 0.25) is 0 Å². The normalized spacial score (nSPS) is 35.1. The Bertz CT molecular complexity index is 2450. The Balaban J connectivity index is 0.000000163. The van der Waals surface area contributed by atoms with Crippen molar-refractivity contribution in [3.63, 3.8) is 0 Å². The number of carboxylic acids is 3. The van der Waals surface area contributed by atoms with Gasteiger partial charge in [-0.15, -0.1) is 0 Å². The molecule has 0 aromatic carbocycles. The van der Waals surface area contributed by atoms with Gasteiger partial charge in [0.05, 0.1) is 31.1 Å². The molecule has 0 aromatic heterocycles. The number of aliphatic carboxylic acids is 3. The van der Waals surface area contributed by atoms with Crippen molar-refractivity contribution in [3.05, 3.63) is 37.0 Å². The minimum Gasteiger partial charge on any atom is -0.481 e. The van der Waals surface area contributed by atoms with Gasteiger partial charge in [-0.2, -0.15) is 13.2 Å². The van der Waals surface area contributed by atoms with E-state index in [0.717, 1.165) is 6.08 Å². The predicted octanol–water partition coefficient (Wildman–Crippen LogP) is -0.686. The van der Waals surface area contributed by atoms with Crippen LogP contribution in [-0.2, 0) is 110 Å². The second kappa shape index (κ2) is 21.2. The smallest absolute Gasteiger partial charge is 0.422 e. The minimum absolute atomic E-state index is 0.193. The van der Waals surface area contributed by atoms with Crippen LogP contribution in [0.25, 0.3) is 0 Å². The first-order valence-electron chi connectivity index (χ1n) is 22.5. The molecule has 0 radical (unpaired) electrons. The number of hydrogen-bond donors (Lipinski definition) is 3. The van der Waals surface area contributed by atoms with Gasteiger partial charge in [0.15, 0.2) is 24.4 Å². The van der Waals surface area contributed by atoms with Crippen molar-refractivity contribution in [1.82, 2.24) is 0 Å². The van der Waals surface area contributed by atoms with E-state index >= 15 is 0 Å². The third-order valence-corrected chi connectivity index (χ3v) is 13.7. The number of carboxylic acid groups (broad SMARTS) is 3. The Morgan fingerprint density at radius 3 is 1.39 bits per heavy atom. The Morgan fingerprint density at radius 1 is 0.568 bits per heavy atom. The molecule has 74 heavy (non-hydrogen) atoms. The molecule has 3 N–H and O–H groups in total. The first kappa shape index (κ1) is 54.3. The summed E-state index contributed by atoms with van der Waals surface area (Å²) in [6, 6.07) is 0. The Morgan fingerprint density at radius 2 is 0.973 bits per heavy atom. The summed E-state index contributed by atoms with van der Waals surface area (Å²) in [5.74, 6) is -17.3. The van der Waals surface area contributed by atoms with E-state index in [4.69, 9.17) is 42.6 Å². The van der Waals surface area contributed by atoms with Crippen molar-refractivity contribution in [2.45, 2.75) is 99.8 Å². The molecule has 2 saturated carbocycles. The number of fused-ring (bicyclic) bond motifs is 3. The quantitative estimate of drug-likeness (QED) is 0.0869. The zero-order chi connectivity index (χ0) is 54.4. The highest BCUT2D eigenvalue weighted by Crippen LogP contribution is 2.59. The summed E-state index contributed by atoms with van der Waals surface area (Å²) in [6.07, 6.45) is -13.0. The van der Waals surface area contributed by atoms with Gasteiger partial charge in [-0.3, -0.25) is 43.2 Å². The van der Waals surface area contributed by atoms with Crippen LogP contribution in [0.15, 0.2) is 37.0 Å². The van der Waals surface area contributed by atoms with E-state index in [1.807, 2.05) is 0 Å². The van der Waals surface area contributed by atoms with Crippen LogP contribution in [0.1, 0.15) is 32.6 Å². The SMILES string of the molecule is C=C(C(=O)OCCC(=O)OC1C2CC3C1OC(=O)C3C2C(=O)O)C(F)(F)F.C=C(C)C(=O)OCCC(=O)OC1C2OC(=O)C3C2OC1C3C(=O)O.C=CC(=O)OCCC(=O)OC1C2OC(=O)C3C2OC1C3C(=O)O. The van der Waals surface area contributed by atoms with Crippen LogP contribution in [0.3, 0.4) is 0 Å². The predicted molar refractivity (Wildman–Crippen MR) is 219 cm³/mol. The van der Waals surface area contributed by atoms with Crippen LogP contribution in [0.4, 0.5) is 13.2 Å². The average Bonchev–Trinajstić information content (AvgIpc) is 4.21. The van der Waals surface area contributed by atoms with Crippen LogP contribution in [-0.4, -0.2) is 174 Å². The highest BCUT2D eigenvalue weighted by atomic mass is 19.4. The maximum atomic E-state index is 12.3. The molecule has 18 unspecified atom stereocenters. The van der Waals surface area contributed by atoms with Gasteiger partial charge in [0, 0.05) is 23.5 Å². The summed E-state index contributed by atoms with van der Waals surface area (Å²) in [5.41, 5.74) is -1.49. The fourth-order valence-electron chi connectivity index (χ4n) is 10.7. The lowest BCUT2D eigenvalue weighted by Crippen LogP contribution is -2.47. The lowest BCUT2D eigenvalue weighted by atomic mass is 9.78. The van der Waals surface area contributed by atoms with Gasteiger partial charge in [0.1, 0.15) is 85.7 Å². The molecule has 2 aliphatic carbocycles. The molecule has 0 aromatic rings. The van der Waals surface area contributed by atoms with Gasteiger partial charge in [-0.05, 0) is 13.3 Å². The van der Waals surface area contributed by atoms with Gasteiger partial charge in [0.2, 0.25) is 0 Å². The molecule has 26 nitrogen and oxygen atoms in total. The van der Waals surface area contributed by atoms with Gasteiger partial charge >= 0.3 is 77.8 Å². The molecule has 402 valence electrons. The monoisotopic (exact) mass is 1060 g/mol. The van der Waals surface area contributed by atoms with Gasteiger partial charge in [-0.25, -0.2) is 14.4 Å². The largest absolute Gasteiger partial charge is 0.481 e. The molecule has 0 amide bonds. The molecule has 7 saturated heterocycles. The van der Waals surface area contributed by atoms with Gasteiger partial charge in [-0.1, -0.05) is 19.7 Å². The van der Waals surface area contributed by atoms with Crippen molar-refractivity contribution in [3.8, 4) is 0 Å². The molecular weight excluding hydrogens is 1010 g/mol. The standard InChI is InChI=1S/C16H15F3O8.C15H16O9.C14H14O9/c1-5(16(17,18)19)14(23)25-3-2-8(20)26-11-6-4-7-10(9(6)13(21)22)15(24)27-12(7)11;1-5(2)14(19)21-4-3-6(16)22-11-9-7(13(17)18)8-10(23-9)12(11)24-15(8)20;1-2-5(15)20-4-3-6(16)21-11-9-7(13(17)18)8-10(22-9)12(11)23-14(8)19/h6-7,9-12H,1-4H2,(H,21,22);7-12H,1,3-4H2,2H3,(H,17,18);2,7-12H,1,3-4H2,(H,17,18). The lowest BCUT2D eigenvalue weighted by Gasteiger charge is -2.29. The molecule has 0 spiro atoms. The van der Waals surface area contributed by atoms with E-state index in [1.165, 1.54) is 6.92 Å². The molecule has 9 fully saturated rings. The molecule has 18 atom stereocenters. The fourth-order valence-corrected chi connectivity index (χ4v) is 10.7. The third kappa shape index (κ3) is 10.4. The van der Waals surface area contributed by atoms with Crippen molar-refractivity contribution >= 4 is 71.6 Å². The van der Waals surface area contributed by atoms with E-state index in [0.29, 0.717) is 6.42 Å². The average molecular weight is 1060 g/mol. The molecular formula is C45H45F3O26. The minimum atomic E-state index is -4.94. The number of ether oxygens (including phenoxy) is 11. The van der Waals surface area contributed by atoms with Gasteiger partial charge < -0.3 is 67.4 Å². The number of carbonyl (C=O) groups is 12. The zero-order valence-corrected chi connectivity index (χ0v) is 38.4. The maximum Gasteiger partial charge on any atom is 0.422 e. The number of alkyl halides is 3. The number of carbonyl (C=O) groups excluding carboxylic acids is 9. The summed E-state index contributed by atoms with van der Waals surface area (Å²) in [4.78, 5) is 138. The van der Waals surface area contributed by atoms with E-state index in [1.54, 1.807) is 0 Å². The molecule has 9 aliphatic rings. The van der Waals surface area contributed by atoms with Crippen LogP contribution in [0, 0.1) is 47.3 Å². The third-order valence-electron chi connectivity index (χ3n) is 13.7. The van der Waals surface area contributed by atoms with E-state index in [-0.39, 0.29) is 37.5 Å². The number of rotatable bonds is 18. The Kier molecular flexibility index (Phi) is 15.6. The zero-order valence-electron chi connectivity index (χ0n) is 38.4. The number of hydrogen-bond acceptors (Lipinski definition) is 23. The Hall–Kier alpha value is -7.43. The van der Waals surface area contributed by atoms with E-state index in [2.05, 4.69) is 29.2 Å². The fraction of sp³-hybridized carbons (Fsp3) is 0.600. The number of halogens is 3. The van der Waals surface area contributed by atoms with Crippen molar-refractivity contribution in [2.24, 2.45) is 47.3 Å². The first-order chi connectivity index (χ1) is 34.8. The van der Waals surface area contributed by atoms with Crippen LogP contribution in [0.5, 0.6) is 0 Å². The second-order valence-electron chi connectivity index (χ2n) is 18.1. The van der Waals surface area contributed by atoms with E-state index < -0.39 is 199 Å². The lowest BCUT2D eigenvalue weighted by molar-refractivity contribution is -0.166. The molecule has 29 heteroatoms. The summed E-state index contributed by atoms with van der Waals surface area (Å²) in [7, 11) is 0. The van der Waals surface area contributed by atoms with Crippen molar-refractivity contribution < 1.29 is 138 Å². The highest BCUT2D eigenvalue weighted by molar-refractivity contribution is 5.90. The number of esters is 9. The Labute approximate surface area is 413 Å². The summed E-state index contributed by atoms with van der Waals surface area (Å²) in [5, 5.41) is 27.9. The van der Waals surface area contributed by atoms with Crippen molar-refractivity contribution in [1.29, 1.82) is 0 Å². The van der Waals surface area contributed by atoms with Crippen LogP contribution >= 0.6 is 0 Å². The summed E-state index contributed by atoms with van der Waals surface area (Å²) < 4.78 is 92.5. The summed E-state index contributed by atoms with van der Waals surface area (Å²) in [6.45, 7) is 9.62. The maximum absolute atomic E-state index is 12.3.